The van der Waals surface area contributed by atoms with Gasteiger partial charge < -0.3 is 9.64 Å². The molecular weight excluding hydrogens is 317 g/mol. The lowest BCUT2D eigenvalue weighted by Gasteiger charge is -2.22. The second kappa shape index (κ2) is 6.87. The first-order valence-electron chi connectivity index (χ1n) is 8.97. The van der Waals surface area contributed by atoms with E-state index >= 15 is 0 Å². The van der Waals surface area contributed by atoms with Crippen molar-refractivity contribution in [3.05, 3.63) is 65.5 Å². The Bertz CT molecular complexity index is 751. The fourth-order valence-corrected chi connectivity index (χ4v) is 2.99. The molecule has 130 valence electrons. The third kappa shape index (κ3) is 4.19. The van der Waals surface area contributed by atoms with Crippen molar-refractivity contribution in [1.82, 2.24) is 4.90 Å². The molecule has 2 fully saturated rings. The van der Waals surface area contributed by atoms with Gasteiger partial charge in [-0.25, -0.2) is 4.39 Å². The lowest BCUT2D eigenvalue weighted by Crippen LogP contribution is -2.34. The summed E-state index contributed by atoms with van der Waals surface area (Å²) in [5.41, 5.74) is 1.58. The van der Waals surface area contributed by atoms with E-state index in [2.05, 4.69) is 4.90 Å². The van der Waals surface area contributed by atoms with Crippen LogP contribution in [-0.2, 0) is 6.61 Å². The van der Waals surface area contributed by atoms with Crippen LogP contribution in [0.25, 0.3) is 0 Å². The first kappa shape index (κ1) is 16.1. The third-order valence-corrected chi connectivity index (χ3v) is 4.80. The summed E-state index contributed by atoms with van der Waals surface area (Å²) in [6, 6.07) is 14.1. The van der Waals surface area contributed by atoms with Gasteiger partial charge in [0.05, 0.1) is 0 Å². The number of rotatable bonds is 7. The number of amides is 1. The Kier molecular flexibility index (Phi) is 4.43. The van der Waals surface area contributed by atoms with Crippen LogP contribution in [-0.4, -0.2) is 23.4 Å². The average molecular weight is 339 g/mol. The predicted octanol–water partition coefficient (Wildman–Crippen LogP) is 4.42. The lowest BCUT2D eigenvalue weighted by molar-refractivity contribution is 0.0734. The van der Waals surface area contributed by atoms with Gasteiger partial charge in [0.2, 0.25) is 0 Å². The van der Waals surface area contributed by atoms with Crippen LogP contribution < -0.4 is 4.74 Å². The molecule has 0 aliphatic heterocycles. The summed E-state index contributed by atoms with van der Waals surface area (Å²) in [6.07, 6.45) is 4.74. The summed E-state index contributed by atoms with van der Waals surface area (Å²) in [5.74, 6) is 1.22. The zero-order valence-electron chi connectivity index (χ0n) is 14.2. The second-order valence-corrected chi connectivity index (χ2v) is 7.08. The minimum absolute atomic E-state index is 0.113. The summed E-state index contributed by atoms with van der Waals surface area (Å²) in [4.78, 5) is 14.9. The van der Waals surface area contributed by atoms with Gasteiger partial charge in [0.25, 0.3) is 5.91 Å². The Labute approximate surface area is 147 Å². The van der Waals surface area contributed by atoms with Crippen molar-refractivity contribution in [2.24, 2.45) is 5.92 Å². The molecule has 2 saturated carbocycles. The molecule has 2 aromatic rings. The van der Waals surface area contributed by atoms with Crippen molar-refractivity contribution in [2.75, 3.05) is 6.54 Å². The summed E-state index contributed by atoms with van der Waals surface area (Å²) in [6.45, 7) is 1.25. The molecule has 1 amide bonds. The van der Waals surface area contributed by atoms with Gasteiger partial charge >= 0.3 is 0 Å². The molecule has 0 N–H and O–H groups in total. The van der Waals surface area contributed by atoms with E-state index in [0.29, 0.717) is 29.9 Å². The molecule has 2 aliphatic rings. The van der Waals surface area contributed by atoms with Gasteiger partial charge in [0.1, 0.15) is 18.2 Å². The van der Waals surface area contributed by atoms with Crippen LogP contribution in [0.3, 0.4) is 0 Å². The first-order valence-corrected chi connectivity index (χ1v) is 8.97. The highest BCUT2D eigenvalue weighted by Crippen LogP contribution is 2.35. The molecule has 0 bridgehead atoms. The minimum atomic E-state index is -0.257. The molecular formula is C21H22FNO2. The highest BCUT2D eigenvalue weighted by Gasteiger charge is 2.36. The molecule has 0 heterocycles. The van der Waals surface area contributed by atoms with Gasteiger partial charge in [-0.05, 0) is 67.5 Å². The molecule has 0 radical (unpaired) electrons. The summed E-state index contributed by atoms with van der Waals surface area (Å²) in [7, 11) is 0. The lowest BCUT2D eigenvalue weighted by atomic mass is 10.1. The largest absolute Gasteiger partial charge is 0.489 e. The van der Waals surface area contributed by atoms with E-state index in [1.54, 1.807) is 12.1 Å². The van der Waals surface area contributed by atoms with E-state index in [4.69, 9.17) is 4.74 Å². The van der Waals surface area contributed by atoms with Crippen LogP contribution in [0.2, 0.25) is 0 Å². The molecule has 0 aromatic heterocycles. The van der Waals surface area contributed by atoms with Crippen molar-refractivity contribution < 1.29 is 13.9 Å². The Hall–Kier alpha value is -2.36. The molecule has 2 aliphatic carbocycles. The number of ether oxygens (including phenoxy) is 1. The highest BCUT2D eigenvalue weighted by molar-refractivity contribution is 5.95. The molecule has 3 nitrogen and oxygen atoms in total. The van der Waals surface area contributed by atoms with Crippen LogP contribution in [0.1, 0.15) is 41.6 Å². The smallest absolute Gasteiger partial charge is 0.254 e. The topological polar surface area (TPSA) is 29.5 Å². The fourth-order valence-electron chi connectivity index (χ4n) is 2.99. The summed E-state index contributed by atoms with van der Waals surface area (Å²) < 4.78 is 18.7. The Morgan fingerprint density at radius 2 is 1.84 bits per heavy atom. The zero-order valence-corrected chi connectivity index (χ0v) is 14.2. The van der Waals surface area contributed by atoms with Gasteiger partial charge in [-0.15, -0.1) is 0 Å². The van der Waals surface area contributed by atoms with Gasteiger partial charge in [0.15, 0.2) is 0 Å². The van der Waals surface area contributed by atoms with Crippen LogP contribution in [0.15, 0.2) is 48.5 Å². The molecule has 0 atom stereocenters. The standard InChI is InChI=1S/C21H22FNO2/c22-18-8-6-16(7-9-18)14-25-20-3-1-2-17(12-20)21(24)23(19-10-11-19)13-15-4-5-15/h1-3,6-9,12,15,19H,4-5,10-11,13-14H2. The van der Waals surface area contributed by atoms with Gasteiger partial charge in [-0.1, -0.05) is 18.2 Å². The normalized spacial score (nSPS) is 16.5. The number of carbonyl (C=O) groups excluding carboxylic acids is 1. The quantitative estimate of drug-likeness (QED) is 0.747. The Balaban J connectivity index is 1.42. The van der Waals surface area contributed by atoms with Gasteiger partial charge in [0, 0.05) is 18.2 Å². The van der Waals surface area contributed by atoms with Crippen molar-refractivity contribution in [3.63, 3.8) is 0 Å². The third-order valence-electron chi connectivity index (χ3n) is 4.80. The molecule has 2 aromatic carbocycles. The van der Waals surface area contributed by atoms with Crippen molar-refractivity contribution in [1.29, 1.82) is 0 Å². The molecule has 4 rings (SSSR count). The zero-order chi connectivity index (χ0) is 17.2. The van der Waals surface area contributed by atoms with E-state index in [1.807, 2.05) is 24.3 Å². The molecule has 0 spiro atoms. The number of benzene rings is 2. The minimum Gasteiger partial charge on any atom is -0.489 e. The molecule has 4 heteroatoms. The van der Waals surface area contributed by atoms with Crippen molar-refractivity contribution in [3.8, 4) is 5.75 Å². The second-order valence-electron chi connectivity index (χ2n) is 7.08. The van der Waals surface area contributed by atoms with Crippen LogP contribution >= 0.6 is 0 Å². The average Bonchev–Trinajstić information content (AvgIpc) is 3.53. The van der Waals surface area contributed by atoms with Crippen LogP contribution in [0.5, 0.6) is 5.75 Å². The van der Waals surface area contributed by atoms with E-state index < -0.39 is 0 Å². The molecule has 0 unspecified atom stereocenters. The van der Waals surface area contributed by atoms with E-state index in [-0.39, 0.29) is 11.7 Å². The number of hydrogen-bond acceptors (Lipinski definition) is 2. The number of halogens is 1. The van der Waals surface area contributed by atoms with Crippen LogP contribution in [0, 0.1) is 11.7 Å². The fraction of sp³-hybridized carbons (Fsp3) is 0.381. The number of hydrogen-bond donors (Lipinski definition) is 0. The summed E-state index contributed by atoms with van der Waals surface area (Å²) >= 11 is 0. The maximum Gasteiger partial charge on any atom is 0.254 e. The molecule has 0 saturated heterocycles. The van der Waals surface area contributed by atoms with E-state index in [1.165, 1.54) is 25.0 Å². The van der Waals surface area contributed by atoms with Crippen molar-refractivity contribution >= 4 is 5.91 Å². The summed E-state index contributed by atoms with van der Waals surface area (Å²) in [5, 5.41) is 0. The van der Waals surface area contributed by atoms with E-state index in [9.17, 15) is 9.18 Å². The van der Waals surface area contributed by atoms with Crippen LogP contribution in [0.4, 0.5) is 4.39 Å². The maximum absolute atomic E-state index is 12.9. The SMILES string of the molecule is O=C(c1cccc(OCc2ccc(F)cc2)c1)N(CC1CC1)C1CC1. The maximum atomic E-state index is 12.9. The molecule has 25 heavy (non-hydrogen) atoms. The number of carbonyl (C=O) groups is 1. The van der Waals surface area contributed by atoms with E-state index in [0.717, 1.165) is 24.9 Å². The first-order chi connectivity index (χ1) is 12.2. The number of nitrogens with zero attached hydrogens (tertiary/aromatic N) is 1. The predicted molar refractivity (Wildman–Crippen MR) is 94.0 cm³/mol. The Morgan fingerprint density at radius 1 is 1.08 bits per heavy atom. The van der Waals surface area contributed by atoms with Gasteiger partial charge in [-0.2, -0.15) is 0 Å². The Morgan fingerprint density at radius 3 is 2.52 bits per heavy atom. The highest BCUT2D eigenvalue weighted by atomic mass is 19.1. The van der Waals surface area contributed by atoms with Crippen molar-refractivity contribution in [2.45, 2.75) is 38.3 Å². The van der Waals surface area contributed by atoms with Gasteiger partial charge in [-0.3, -0.25) is 4.79 Å². The monoisotopic (exact) mass is 339 g/mol.